The molecule has 186 valence electrons. The number of hydrogen-bond acceptors (Lipinski definition) is 4. The second-order valence-corrected chi connectivity index (χ2v) is 12.0. The monoisotopic (exact) mass is 489 g/mol. The maximum atomic E-state index is 13.7. The lowest BCUT2D eigenvalue weighted by Crippen LogP contribution is -2.50. The van der Waals surface area contributed by atoms with Gasteiger partial charge in [-0.3, -0.25) is 0 Å². The number of H-pyrrole nitrogens is 1. The van der Waals surface area contributed by atoms with Gasteiger partial charge in [0, 0.05) is 44.1 Å². The Labute approximate surface area is 202 Å². The van der Waals surface area contributed by atoms with E-state index in [1.807, 2.05) is 24.4 Å². The van der Waals surface area contributed by atoms with E-state index in [1.165, 1.54) is 30.0 Å². The Kier molecular flexibility index (Phi) is 7.22. The molecule has 2 aliphatic heterocycles. The number of fused-ring (bicyclic) bond motifs is 1. The average molecular weight is 490 g/mol. The van der Waals surface area contributed by atoms with Gasteiger partial charge in [0.25, 0.3) is 10.2 Å². The van der Waals surface area contributed by atoms with Crippen molar-refractivity contribution in [3.05, 3.63) is 48.0 Å². The quantitative estimate of drug-likeness (QED) is 0.631. The van der Waals surface area contributed by atoms with Crippen LogP contribution in [0.4, 0.5) is 10.1 Å². The first-order valence-corrected chi connectivity index (χ1v) is 14.1. The van der Waals surface area contributed by atoms with Crippen molar-refractivity contribution >= 4 is 15.9 Å². The van der Waals surface area contributed by atoms with Gasteiger partial charge in [-0.05, 0) is 43.2 Å². The minimum absolute atomic E-state index is 0.0565. The molecule has 0 unspecified atom stereocenters. The normalized spacial score (nSPS) is 23.8. The maximum absolute atomic E-state index is 13.7. The Balaban J connectivity index is 1.46. The molecule has 0 radical (unpaired) electrons. The van der Waals surface area contributed by atoms with Crippen molar-refractivity contribution < 1.29 is 12.8 Å². The molecule has 1 aliphatic carbocycles. The Bertz CT molecular complexity index is 1030. The number of aromatic amines is 1. The first-order chi connectivity index (χ1) is 16.5. The fraction of sp³-hybridized carbons (Fsp3) is 0.640. The highest BCUT2D eigenvalue weighted by atomic mass is 32.2. The number of para-hydroxylation sites is 1. The summed E-state index contributed by atoms with van der Waals surface area (Å²) < 4.78 is 44.3. The zero-order valence-electron chi connectivity index (χ0n) is 19.8. The molecule has 0 spiro atoms. The molecule has 2 aromatic rings. The van der Waals surface area contributed by atoms with Crippen molar-refractivity contribution in [2.24, 2.45) is 5.92 Å². The third kappa shape index (κ3) is 5.16. The van der Waals surface area contributed by atoms with Crippen LogP contribution in [0.3, 0.4) is 0 Å². The molecule has 1 saturated heterocycles. The van der Waals surface area contributed by atoms with Crippen LogP contribution in [-0.4, -0.2) is 58.8 Å². The van der Waals surface area contributed by atoms with Gasteiger partial charge in [-0.2, -0.15) is 17.0 Å². The molecule has 0 amide bonds. The van der Waals surface area contributed by atoms with Gasteiger partial charge >= 0.3 is 0 Å². The zero-order chi connectivity index (χ0) is 23.5. The topological polar surface area (TPSA) is 72.5 Å². The van der Waals surface area contributed by atoms with E-state index in [1.54, 1.807) is 10.6 Å². The highest BCUT2D eigenvalue weighted by molar-refractivity contribution is 7.86. The number of nitrogens with zero attached hydrogens (tertiary/aromatic N) is 4. The molecule has 34 heavy (non-hydrogen) atoms. The number of rotatable bonds is 7. The van der Waals surface area contributed by atoms with Crippen molar-refractivity contribution in [1.29, 1.82) is 0 Å². The standard InChI is InChI=1S/C25H36FN5O2S/c26-22-11-13-29(14-12-22)34(32,33)30-16-21-7-3-4-8-25(21)31(17-23-15-27-19-28-23)24(18-30)10-9-20-5-1-2-6-20/h3-4,7-8,15,19-20,22,24H,1-2,5-6,9-14,16-18H2,(H,27,28)/t24-/m1/s1. The number of nitrogens with one attached hydrogen (secondary N) is 1. The molecule has 2 fully saturated rings. The average Bonchev–Trinajstić information content (AvgIpc) is 3.52. The zero-order valence-corrected chi connectivity index (χ0v) is 20.6. The number of halogens is 1. The van der Waals surface area contributed by atoms with Gasteiger partial charge in [0.15, 0.2) is 0 Å². The van der Waals surface area contributed by atoms with Gasteiger partial charge in [-0.25, -0.2) is 9.37 Å². The summed E-state index contributed by atoms with van der Waals surface area (Å²) in [5.41, 5.74) is 3.12. The smallest absolute Gasteiger partial charge is 0.282 e. The van der Waals surface area contributed by atoms with Crippen LogP contribution >= 0.6 is 0 Å². The van der Waals surface area contributed by atoms with Gasteiger partial charge in [0.2, 0.25) is 0 Å². The van der Waals surface area contributed by atoms with Gasteiger partial charge in [-0.1, -0.05) is 43.9 Å². The molecule has 3 heterocycles. The fourth-order valence-corrected chi connectivity index (χ4v) is 7.51. The van der Waals surface area contributed by atoms with Gasteiger partial charge in [0.05, 0.1) is 18.6 Å². The third-order valence-electron chi connectivity index (χ3n) is 7.82. The number of benzene rings is 1. The van der Waals surface area contributed by atoms with Crippen molar-refractivity contribution in [3.63, 3.8) is 0 Å². The van der Waals surface area contributed by atoms with E-state index in [0.29, 0.717) is 19.6 Å². The van der Waals surface area contributed by atoms with Crippen LogP contribution in [0.1, 0.15) is 62.6 Å². The second-order valence-electron chi connectivity index (χ2n) is 10.1. The Morgan fingerprint density at radius 2 is 1.79 bits per heavy atom. The van der Waals surface area contributed by atoms with E-state index in [2.05, 4.69) is 20.9 Å². The van der Waals surface area contributed by atoms with Crippen LogP contribution < -0.4 is 4.90 Å². The van der Waals surface area contributed by atoms with Crippen LogP contribution in [0.2, 0.25) is 0 Å². The number of anilines is 1. The number of alkyl halides is 1. The summed E-state index contributed by atoms with van der Waals surface area (Å²) >= 11 is 0. The van der Waals surface area contributed by atoms with E-state index < -0.39 is 16.4 Å². The van der Waals surface area contributed by atoms with Crippen molar-refractivity contribution in [3.8, 4) is 0 Å². The fourth-order valence-electron chi connectivity index (χ4n) is 5.85. The first-order valence-electron chi connectivity index (χ1n) is 12.7. The first kappa shape index (κ1) is 23.8. The van der Waals surface area contributed by atoms with Crippen molar-refractivity contribution in [2.45, 2.75) is 76.7 Å². The summed E-state index contributed by atoms with van der Waals surface area (Å²) in [5.74, 6) is 0.737. The summed E-state index contributed by atoms with van der Waals surface area (Å²) in [7, 11) is -3.68. The minimum atomic E-state index is -3.68. The molecule has 1 aromatic heterocycles. The van der Waals surface area contributed by atoms with E-state index in [9.17, 15) is 12.8 Å². The lowest BCUT2D eigenvalue weighted by molar-refractivity contribution is 0.200. The molecule has 5 rings (SSSR count). The Morgan fingerprint density at radius 3 is 2.53 bits per heavy atom. The molecule has 1 atom stereocenters. The molecule has 1 aromatic carbocycles. The van der Waals surface area contributed by atoms with Gasteiger partial charge in [0.1, 0.15) is 6.17 Å². The molecule has 3 aliphatic rings. The predicted molar refractivity (Wildman–Crippen MR) is 131 cm³/mol. The second kappa shape index (κ2) is 10.3. The van der Waals surface area contributed by atoms with Gasteiger partial charge in [-0.15, -0.1) is 0 Å². The number of hydrogen-bond donors (Lipinski definition) is 1. The largest absolute Gasteiger partial charge is 0.361 e. The predicted octanol–water partition coefficient (Wildman–Crippen LogP) is 4.25. The van der Waals surface area contributed by atoms with Crippen LogP contribution in [0.25, 0.3) is 0 Å². The van der Waals surface area contributed by atoms with E-state index in [4.69, 9.17) is 0 Å². The van der Waals surface area contributed by atoms with E-state index in [0.717, 1.165) is 35.7 Å². The summed E-state index contributed by atoms with van der Waals surface area (Å²) in [6.45, 7) is 1.95. The Morgan fingerprint density at radius 1 is 1.03 bits per heavy atom. The summed E-state index contributed by atoms with van der Waals surface area (Å²) in [6.07, 6.45) is 10.4. The lowest BCUT2D eigenvalue weighted by Gasteiger charge is -2.36. The van der Waals surface area contributed by atoms with Crippen LogP contribution in [0.15, 0.2) is 36.8 Å². The van der Waals surface area contributed by atoms with E-state index >= 15 is 0 Å². The SMILES string of the molecule is O=S(=O)(N1CCC(F)CC1)N1Cc2ccccc2N(Cc2cnc[nH]2)[C@H](CCC2CCCC2)C1. The number of aromatic nitrogens is 2. The molecule has 1 N–H and O–H groups in total. The number of imidazole rings is 1. The molecule has 9 heteroatoms. The molecular weight excluding hydrogens is 453 g/mol. The number of piperidine rings is 1. The Hall–Kier alpha value is -1.97. The van der Waals surface area contributed by atoms with Gasteiger partial charge < -0.3 is 9.88 Å². The lowest BCUT2D eigenvalue weighted by atomic mass is 9.97. The highest BCUT2D eigenvalue weighted by Crippen LogP contribution is 2.35. The van der Waals surface area contributed by atoms with Crippen LogP contribution in [-0.2, 0) is 23.3 Å². The maximum Gasteiger partial charge on any atom is 0.282 e. The molecule has 1 saturated carbocycles. The minimum Gasteiger partial charge on any atom is -0.361 e. The van der Waals surface area contributed by atoms with Crippen LogP contribution in [0.5, 0.6) is 0 Å². The third-order valence-corrected chi connectivity index (χ3v) is 9.77. The van der Waals surface area contributed by atoms with Crippen LogP contribution in [0, 0.1) is 5.92 Å². The van der Waals surface area contributed by atoms with Crippen molar-refractivity contribution in [1.82, 2.24) is 18.6 Å². The molecule has 7 nitrogen and oxygen atoms in total. The summed E-state index contributed by atoms with van der Waals surface area (Å²) in [5, 5.41) is 0. The summed E-state index contributed by atoms with van der Waals surface area (Å²) in [4.78, 5) is 9.80. The summed E-state index contributed by atoms with van der Waals surface area (Å²) in [6, 6.07) is 8.21. The van der Waals surface area contributed by atoms with Crippen molar-refractivity contribution in [2.75, 3.05) is 24.5 Å². The van der Waals surface area contributed by atoms with E-state index in [-0.39, 0.29) is 32.0 Å². The molecule has 0 bridgehead atoms. The highest BCUT2D eigenvalue weighted by Gasteiger charge is 2.38. The molecular formula is C25H36FN5O2S.